The average molecular weight is 342 g/mol. The van der Waals surface area contributed by atoms with Gasteiger partial charge >= 0.3 is 5.69 Å². The molecule has 1 saturated carbocycles. The Kier molecular flexibility index (Phi) is 4.74. The maximum atomic E-state index is 12.7. The van der Waals surface area contributed by atoms with Gasteiger partial charge in [0, 0.05) is 13.1 Å². The van der Waals surface area contributed by atoms with Crippen LogP contribution < -0.4 is 22.3 Å². The van der Waals surface area contributed by atoms with E-state index in [1.807, 2.05) is 6.07 Å². The average Bonchev–Trinajstić information content (AvgIpc) is 2.62. The van der Waals surface area contributed by atoms with Gasteiger partial charge in [-0.05, 0) is 25.0 Å². The minimum atomic E-state index is -0.678. The van der Waals surface area contributed by atoms with Gasteiger partial charge in [-0.15, -0.1) is 0 Å². The molecule has 7 nitrogen and oxygen atoms in total. The molecule has 1 fully saturated rings. The first-order valence-electron chi connectivity index (χ1n) is 8.48. The van der Waals surface area contributed by atoms with Gasteiger partial charge in [-0.3, -0.25) is 14.2 Å². The molecule has 25 heavy (non-hydrogen) atoms. The lowest BCUT2D eigenvalue weighted by Crippen LogP contribution is -2.46. The molecular weight excluding hydrogens is 320 g/mol. The summed E-state index contributed by atoms with van der Waals surface area (Å²) < 4.78 is 2.11. The van der Waals surface area contributed by atoms with Crippen molar-refractivity contribution in [1.29, 1.82) is 0 Å². The van der Waals surface area contributed by atoms with E-state index in [0.717, 1.165) is 36.7 Å². The van der Waals surface area contributed by atoms with Gasteiger partial charge in [0.25, 0.3) is 11.5 Å². The molecule has 0 aliphatic heterocycles. The van der Waals surface area contributed by atoms with Crippen molar-refractivity contribution in [3.05, 3.63) is 56.7 Å². The molecule has 0 atom stereocenters. The summed E-state index contributed by atoms with van der Waals surface area (Å²) in [6.45, 7) is 0. The Labute approximate surface area is 145 Å². The summed E-state index contributed by atoms with van der Waals surface area (Å²) in [6.07, 6.45) is 5.06. The monoisotopic (exact) mass is 342 g/mol. The van der Waals surface area contributed by atoms with Crippen LogP contribution in [0.3, 0.4) is 0 Å². The predicted molar refractivity (Wildman–Crippen MR) is 96.0 cm³/mol. The van der Waals surface area contributed by atoms with Gasteiger partial charge in [0.1, 0.15) is 11.4 Å². The molecule has 1 heterocycles. The van der Waals surface area contributed by atoms with Crippen LogP contribution in [0.5, 0.6) is 0 Å². The number of amides is 1. The molecule has 1 aliphatic rings. The quantitative estimate of drug-likeness (QED) is 0.875. The van der Waals surface area contributed by atoms with Gasteiger partial charge in [-0.25, -0.2) is 9.36 Å². The summed E-state index contributed by atoms with van der Waals surface area (Å²) in [5.74, 6) is -0.651. The van der Waals surface area contributed by atoms with Gasteiger partial charge in [-0.1, -0.05) is 37.5 Å². The van der Waals surface area contributed by atoms with Gasteiger partial charge in [0.05, 0.1) is 5.69 Å². The number of hydrogen-bond donors (Lipinski definition) is 2. The van der Waals surface area contributed by atoms with E-state index in [2.05, 4.69) is 5.32 Å². The van der Waals surface area contributed by atoms with Crippen LogP contribution in [0.1, 0.15) is 42.5 Å². The Morgan fingerprint density at radius 3 is 2.40 bits per heavy atom. The molecule has 0 spiro atoms. The first-order chi connectivity index (χ1) is 12.0. The number of nitrogens with one attached hydrogen (secondary N) is 1. The molecule has 0 unspecified atom stereocenters. The zero-order chi connectivity index (χ0) is 18.0. The number of carbonyl (C=O) groups excluding carboxylic acids is 1. The van der Waals surface area contributed by atoms with Crippen molar-refractivity contribution < 1.29 is 4.79 Å². The number of anilines is 1. The molecule has 7 heteroatoms. The Bertz CT molecular complexity index is 893. The van der Waals surface area contributed by atoms with Crippen LogP contribution in [0.2, 0.25) is 0 Å². The van der Waals surface area contributed by atoms with Crippen molar-refractivity contribution in [3.8, 4) is 5.69 Å². The van der Waals surface area contributed by atoms with Gasteiger partial charge in [0.15, 0.2) is 0 Å². The molecule has 3 rings (SSSR count). The number of nitrogens with two attached hydrogens (primary N) is 1. The second-order valence-electron chi connectivity index (χ2n) is 6.39. The van der Waals surface area contributed by atoms with Crippen molar-refractivity contribution in [2.75, 3.05) is 5.73 Å². The third-order valence-corrected chi connectivity index (χ3v) is 4.68. The number of para-hydroxylation sites is 1. The number of carbonyl (C=O) groups is 1. The molecule has 0 radical (unpaired) electrons. The van der Waals surface area contributed by atoms with Crippen molar-refractivity contribution >= 4 is 11.7 Å². The fourth-order valence-electron chi connectivity index (χ4n) is 3.27. The number of rotatable bonds is 3. The van der Waals surface area contributed by atoms with Crippen LogP contribution in [0.25, 0.3) is 5.69 Å². The highest BCUT2D eigenvalue weighted by Crippen LogP contribution is 2.18. The van der Waals surface area contributed by atoms with E-state index in [9.17, 15) is 14.4 Å². The molecular formula is C18H22N4O3. The first-order valence-corrected chi connectivity index (χ1v) is 8.48. The van der Waals surface area contributed by atoms with E-state index in [1.54, 1.807) is 24.3 Å². The highest BCUT2D eigenvalue weighted by Gasteiger charge is 2.24. The van der Waals surface area contributed by atoms with Crippen LogP contribution in [-0.4, -0.2) is 21.1 Å². The highest BCUT2D eigenvalue weighted by molar-refractivity contribution is 5.98. The zero-order valence-corrected chi connectivity index (χ0v) is 14.2. The smallest absolute Gasteiger partial charge is 0.336 e. The maximum absolute atomic E-state index is 12.7. The molecule has 0 bridgehead atoms. The number of benzene rings is 1. The van der Waals surface area contributed by atoms with E-state index >= 15 is 0 Å². The van der Waals surface area contributed by atoms with Gasteiger partial charge < -0.3 is 11.1 Å². The fourth-order valence-corrected chi connectivity index (χ4v) is 3.27. The maximum Gasteiger partial charge on any atom is 0.336 e. The van der Waals surface area contributed by atoms with Crippen LogP contribution in [0.15, 0.2) is 39.9 Å². The number of aromatic nitrogens is 2. The molecule has 132 valence electrons. The third-order valence-electron chi connectivity index (χ3n) is 4.68. The normalized spacial score (nSPS) is 15.1. The Hall–Kier alpha value is -2.83. The molecule has 3 N–H and O–H groups in total. The number of nitrogen functional groups attached to an aromatic ring is 1. The summed E-state index contributed by atoms with van der Waals surface area (Å²) in [5, 5.41) is 2.89. The second kappa shape index (κ2) is 6.96. The second-order valence-corrected chi connectivity index (χ2v) is 6.39. The summed E-state index contributed by atoms with van der Waals surface area (Å²) in [4.78, 5) is 37.7. The SMILES string of the molecule is Cn1c(=O)c(C(=O)NC2CCCCC2)c(N)n(-c2ccccc2)c1=O. The predicted octanol–water partition coefficient (Wildman–Crippen LogP) is 1.18. The van der Waals surface area contributed by atoms with E-state index in [1.165, 1.54) is 11.6 Å². The minimum Gasteiger partial charge on any atom is -0.384 e. The summed E-state index contributed by atoms with van der Waals surface area (Å²) in [6, 6.07) is 8.77. The lowest BCUT2D eigenvalue weighted by Gasteiger charge is -2.23. The lowest BCUT2D eigenvalue weighted by molar-refractivity contribution is 0.0926. The summed E-state index contributed by atoms with van der Waals surface area (Å²) >= 11 is 0. The Morgan fingerprint density at radius 2 is 1.76 bits per heavy atom. The van der Waals surface area contributed by atoms with Crippen molar-refractivity contribution in [2.24, 2.45) is 7.05 Å². The van der Waals surface area contributed by atoms with Crippen molar-refractivity contribution in [3.63, 3.8) is 0 Å². The first kappa shape index (κ1) is 17.0. The number of hydrogen-bond acceptors (Lipinski definition) is 4. The van der Waals surface area contributed by atoms with E-state index in [4.69, 9.17) is 5.73 Å². The topological polar surface area (TPSA) is 99.1 Å². The van der Waals surface area contributed by atoms with Crippen LogP contribution in [0, 0.1) is 0 Å². The largest absolute Gasteiger partial charge is 0.384 e. The van der Waals surface area contributed by atoms with Crippen LogP contribution >= 0.6 is 0 Å². The molecule has 2 aromatic rings. The fraction of sp³-hybridized carbons (Fsp3) is 0.389. The van der Waals surface area contributed by atoms with E-state index < -0.39 is 17.2 Å². The molecule has 1 aliphatic carbocycles. The van der Waals surface area contributed by atoms with Crippen molar-refractivity contribution in [1.82, 2.24) is 14.5 Å². The Balaban J connectivity index is 2.07. The zero-order valence-electron chi connectivity index (χ0n) is 14.2. The lowest BCUT2D eigenvalue weighted by atomic mass is 9.95. The number of nitrogens with zero attached hydrogens (tertiary/aromatic N) is 2. The van der Waals surface area contributed by atoms with Crippen LogP contribution in [-0.2, 0) is 7.05 Å². The van der Waals surface area contributed by atoms with Gasteiger partial charge in [-0.2, -0.15) is 0 Å². The minimum absolute atomic E-state index is 0.0439. The molecule has 1 amide bonds. The summed E-state index contributed by atoms with van der Waals surface area (Å²) in [5.41, 5.74) is 5.15. The Morgan fingerprint density at radius 1 is 1.12 bits per heavy atom. The summed E-state index contributed by atoms with van der Waals surface area (Å²) in [7, 11) is 1.35. The molecule has 1 aromatic carbocycles. The standard InChI is InChI=1S/C18H22N4O3/c1-21-17(24)14(16(23)20-12-8-4-2-5-9-12)15(19)22(18(21)25)13-10-6-3-7-11-13/h3,6-7,10-12H,2,4-5,8-9,19H2,1H3,(H,20,23). The van der Waals surface area contributed by atoms with E-state index in [-0.39, 0.29) is 17.4 Å². The van der Waals surface area contributed by atoms with Gasteiger partial charge in [0.2, 0.25) is 0 Å². The molecule has 1 aromatic heterocycles. The highest BCUT2D eigenvalue weighted by atomic mass is 16.2. The van der Waals surface area contributed by atoms with Crippen LogP contribution in [0.4, 0.5) is 5.82 Å². The molecule has 0 saturated heterocycles. The van der Waals surface area contributed by atoms with E-state index in [0.29, 0.717) is 5.69 Å². The van der Waals surface area contributed by atoms with Crippen molar-refractivity contribution in [2.45, 2.75) is 38.1 Å². The third kappa shape index (κ3) is 3.22.